The molecule has 1 unspecified atom stereocenters. The molecule has 2 aromatic carbocycles. The fourth-order valence-electron chi connectivity index (χ4n) is 2.33. The predicted octanol–water partition coefficient (Wildman–Crippen LogP) is 1.81. The number of benzene rings is 2. The van der Waals surface area contributed by atoms with E-state index in [1.165, 1.54) is 0 Å². The molecule has 0 aliphatic carbocycles. The molecule has 0 aliphatic heterocycles. The third kappa shape index (κ3) is 5.78. The Bertz CT molecular complexity index is 794. The van der Waals surface area contributed by atoms with Crippen LogP contribution in [0.3, 0.4) is 0 Å². The highest BCUT2D eigenvalue weighted by Crippen LogP contribution is 2.28. The molecule has 2 aromatic rings. The van der Waals surface area contributed by atoms with E-state index in [0.29, 0.717) is 6.08 Å². The summed E-state index contributed by atoms with van der Waals surface area (Å²) in [7, 11) is -1.62. The van der Waals surface area contributed by atoms with Crippen LogP contribution in [-0.4, -0.2) is 32.9 Å². The number of nitrogens with one attached hydrogen (secondary N) is 1. The zero-order valence-corrected chi connectivity index (χ0v) is 14.5. The Hall–Kier alpha value is -3.06. The summed E-state index contributed by atoms with van der Waals surface area (Å²) >= 11 is 0. The number of carboxylic acids is 1. The van der Waals surface area contributed by atoms with Crippen LogP contribution in [0.4, 0.5) is 0 Å². The molecule has 0 radical (unpaired) electrons. The largest absolute Gasteiger partial charge is 0.478 e. The van der Waals surface area contributed by atoms with Crippen LogP contribution >= 0.6 is 0 Å². The Morgan fingerprint density at radius 3 is 1.88 bits per heavy atom. The molecule has 26 heavy (non-hydrogen) atoms. The van der Waals surface area contributed by atoms with Gasteiger partial charge in [0.15, 0.2) is 0 Å². The number of hydrogen-bond acceptors (Lipinski definition) is 4. The van der Waals surface area contributed by atoms with Crippen LogP contribution in [0.2, 0.25) is 0 Å². The SMILES string of the molecule is O=C(O)C=CC(=O)NC(=O)CS(=O)C(c1ccccc1)c1ccccc1. The second kappa shape index (κ2) is 9.43. The maximum absolute atomic E-state index is 12.8. The molecular formula is C19H17NO5S. The van der Waals surface area contributed by atoms with Crippen molar-refractivity contribution in [3.05, 3.63) is 83.9 Å². The van der Waals surface area contributed by atoms with Crippen molar-refractivity contribution in [2.24, 2.45) is 0 Å². The van der Waals surface area contributed by atoms with Gasteiger partial charge in [0.25, 0.3) is 5.91 Å². The van der Waals surface area contributed by atoms with Crippen LogP contribution in [-0.2, 0) is 25.2 Å². The number of aliphatic carboxylic acids is 1. The number of rotatable bonds is 7. The smallest absolute Gasteiger partial charge is 0.328 e. The van der Waals surface area contributed by atoms with Crippen LogP contribution in [0.15, 0.2) is 72.8 Å². The molecule has 7 heteroatoms. The van der Waals surface area contributed by atoms with Crippen LogP contribution in [0.25, 0.3) is 0 Å². The Morgan fingerprint density at radius 2 is 1.42 bits per heavy atom. The molecule has 2 amide bonds. The van der Waals surface area contributed by atoms with Gasteiger partial charge in [0, 0.05) is 23.0 Å². The Morgan fingerprint density at radius 1 is 0.923 bits per heavy atom. The maximum Gasteiger partial charge on any atom is 0.328 e. The minimum atomic E-state index is -1.62. The molecule has 0 bridgehead atoms. The van der Waals surface area contributed by atoms with E-state index in [2.05, 4.69) is 0 Å². The first-order valence-electron chi connectivity index (χ1n) is 7.69. The number of carbonyl (C=O) groups excluding carboxylic acids is 2. The average Bonchev–Trinajstić information content (AvgIpc) is 2.62. The first-order valence-corrected chi connectivity index (χ1v) is 9.07. The highest BCUT2D eigenvalue weighted by atomic mass is 32.2. The quantitative estimate of drug-likeness (QED) is 0.723. The topological polar surface area (TPSA) is 101 Å². The van der Waals surface area contributed by atoms with E-state index in [1.54, 1.807) is 0 Å². The van der Waals surface area contributed by atoms with Crippen LogP contribution < -0.4 is 5.32 Å². The summed E-state index contributed by atoms with van der Waals surface area (Å²) in [6.45, 7) is 0. The normalized spacial score (nSPS) is 12.0. The molecule has 6 nitrogen and oxygen atoms in total. The first kappa shape index (κ1) is 19.3. The van der Waals surface area contributed by atoms with Crippen LogP contribution in [0.1, 0.15) is 16.4 Å². The fraction of sp³-hybridized carbons (Fsp3) is 0.105. The van der Waals surface area contributed by atoms with Gasteiger partial charge in [0.2, 0.25) is 5.91 Å². The third-order valence-electron chi connectivity index (χ3n) is 3.38. The predicted molar refractivity (Wildman–Crippen MR) is 97.7 cm³/mol. The van der Waals surface area contributed by atoms with Crippen LogP contribution in [0.5, 0.6) is 0 Å². The van der Waals surface area contributed by atoms with Crippen molar-refractivity contribution in [1.29, 1.82) is 0 Å². The second-order valence-corrected chi connectivity index (χ2v) is 6.83. The van der Waals surface area contributed by atoms with E-state index >= 15 is 0 Å². The molecule has 134 valence electrons. The van der Waals surface area contributed by atoms with Gasteiger partial charge in [-0.05, 0) is 11.1 Å². The Labute approximate surface area is 153 Å². The summed E-state index contributed by atoms with van der Waals surface area (Å²) in [6, 6.07) is 18.3. The third-order valence-corrected chi connectivity index (χ3v) is 5.00. The summed E-state index contributed by atoms with van der Waals surface area (Å²) in [5, 5.41) is 9.95. The van der Waals surface area contributed by atoms with Crippen molar-refractivity contribution in [2.75, 3.05) is 5.75 Å². The molecule has 0 heterocycles. The van der Waals surface area contributed by atoms with E-state index in [9.17, 15) is 18.6 Å². The lowest BCUT2D eigenvalue weighted by atomic mass is 10.0. The number of carbonyl (C=O) groups is 3. The fourth-order valence-corrected chi connectivity index (χ4v) is 3.74. The minimum absolute atomic E-state index is 0.388. The molecule has 1 atom stereocenters. The average molecular weight is 371 g/mol. The summed E-state index contributed by atoms with van der Waals surface area (Å²) in [5.41, 5.74) is 1.59. The van der Waals surface area contributed by atoms with Gasteiger partial charge in [-0.1, -0.05) is 60.7 Å². The van der Waals surface area contributed by atoms with E-state index < -0.39 is 33.8 Å². The number of hydrogen-bond donors (Lipinski definition) is 2. The lowest BCUT2D eigenvalue weighted by Gasteiger charge is -2.17. The molecule has 2 N–H and O–H groups in total. The number of amides is 2. The lowest BCUT2D eigenvalue weighted by molar-refractivity contribution is -0.132. The van der Waals surface area contributed by atoms with E-state index in [0.717, 1.165) is 17.2 Å². The van der Waals surface area contributed by atoms with Crippen molar-refractivity contribution in [1.82, 2.24) is 5.32 Å². The summed E-state index contributed by atoms with van der Waals surface area (Å²) in [5.74, 6) is -3.30. The molecule has 0 fully saturated rings. The molecular weight excluding hydrogens is 354 g/mol. The summed E-state index contributed by atoms with van der Waals surface area (Å²) in [4.78, 5) is 33.8. The maximum atomic E-state index is 12.8. The lowest BCUT2D eigenvalue weighted by Crippen LogP contribution is -2.33. The van der Waals surface area contributed by atoms with Gasteiger partial charge in [-0.25, -0.2) is 4.79 Å². The number of imide groups is 1. The second-order valence-electron chi connectivity index (χ2n) is 5.31. The Balaban J connectivity index is 2.14. The van der Waals surface area contributed by atoms with Gasteiger partial charge >= 0.3 is 5.97 Å². The van der Waals surface area contributed by atoms with Gasteiger partial charge in [0.05, 0.1) is 5.25 Å². The summed E-state index contributed by atoms with van der Waals surface area (Å²) < 4.78 is 12.8. The van der Waals surface area contributed by atoms with Crippen LogP contribution in [0, 0.1) is 0 Å². The van der Waals surface area contributed by atoms with Crippen molar-refractivity contribution >= 4 is 28.6 Å². The van der Waals surface area contributed by atoms with Crippen molar-refractivity contribution < 1.29 is 23.7 Å². The Kier molecular flexibility index (Phi) is 6.99. The van der Waals surface area contributed by atoms with E-state index in [1.807, 2.05) is 66.0 Å². The first-order chi connectivity index (χ1) is 12.5. The van der Waals surface area contributed by atoms with Gasteiger partial charge < -0.3 is 5.11 Å². The highest BCUT2D eigenvalue weighted by molar-refractivity contribution is 7.86. The number of carboxylic acid groups (broad SMARTS) is 1. The highest BCUT2D eigenvalue weighted by Gasteiger charge is 2.23. The van der Waals surface area contributed by atoms with Gasteiger partial charge in [-0.2, -0.15) is 0 Å². The molecule has 0 aromatic heterocycles. The van der Waals surface area contributed by atoms with Gasteiger partial charge in [-0.3, -0.25) is 19.1 Å². The van der Waals surface area contributed by atoms with Crippen molar-refractivity contribution in [3.8, 4) is 0 Å². The standard InChI is InChI=1S/C19H17NO5S/c21-16(11-12-18(23)24)20-17(22)13-26(25)19(14-7-3-1-4-8-14)15-9-5-2-6-10-15/h1-12,19H,13H2,(H,23,24)(H,20,21,22). The van der Waals surface area contributed by atoms with E-state index in [-0.39, 0.29) is 5.75 Å². The zero-order chi connectivity index (χ0) is 18.9. The van der Waals surface area contributed by atoms with Crippen molar-refractivity contribution in [2.45, 2.75) is 5.25 Å². The molecule has 0 aliphatic rings. The van der Waals surface area contributed by atoms with Gasteiger partial charge in [0.1, 0.15) is 5.75 Å². The van der Waals surface area contributed by atoms with Gasteiger partial charge in [-0.15, -0.1) is 0 Å². The summed E-state index contributed by atoms with van der Waals surface area (Å²) in [6.07, 6.45) is 1.35. The molecule has 0 saturated carbocycles. The zero-order valence-electron chi connectivity index (χ0n) is 13.7. The van der Waals surface area contributed by atoms with Crippen molar-refractivity contribution in [3.63, 3.8) is 0 Å². The monoisotopic (exact) mass is 371 g/mol. The molecule has 0 saturated heterocycles. The van der Waals surface area contributed by atoms with E-state index in [4.69, 9.17) is 5.11 Å². The molecule has 2 rings (SSSR count). The molecule has 0 spiro atoms. The minimum Gasteiger partial charge on any atom is -0.478 e.